The molecule has 5 heteroatoms. The van der Waals surface area contributed by atoms with Gasteiger partial charge in [-0.1, -0.05) is 30.7 Å². The van der Waals surface area contributed by atoms with E-state index in [2.05, 4.69) is 22.1 Å². The highest BCUT2D eigenvalue weighted by atomic mass is 35.5. The Morgan fingerprint density at radius 2 is 1.89 bits per heavy atom. The van der Waals surface area contributed by atoms with Crippen LogP contribution in [0.4, 0.5) is 10.1 Å². The molecule has 0 atom stereocenters. The number of nitrogens with zero attached hydrogens (tertiary/aromatic N) is 2. The summed E-state index contributed by atoms with van der Waals surface area (Å²) in [6.45, 7) is 5.95. The molecule has 0 aliphatic heterocycles. The van der Waals surface area contributed by atoms with Crippen LogP contribution >= 0.6 is 11.6 Å². The Bertz CT molecular complexity index is 867. The molecule has 27 heavy (non-hydrogen) atoms. The van der Waals surface area contributed by atoms with Crippen molar-refractivity contribution >= 4 is 28.2 Å². The largest absolute Gasteiger partial charge is 0.384 e. The number of aromatic nitrogens is 1. The monoisotopic (exact) mass is 385 g/mol. The van der Waals surface area contributed by atoms with Gasteiger partial charge in [-0.25, -0.2) is 4.39 Å². The van der Waals surface area contributed by atoms with E-state index in [4.69, 9.17) is 11.6 Å². The lowest BCUT2D eigenvalue weighted by Gasteiger charge is -2.22. The van der Waals surface area contributed by atoms with E-state index < -0.39 is 0 Å². The minimum absolute atomic E-state index is 0.184. The van der Waals surface area contributed by atoms with E-state index >= 15 is 0 Å². The molecule has 0 fully saturated rings. The highest BCUT2D eigenvalue weighted by Gasteiger charge is 2.06. The molecule has 0 unspecified atom stereocenters. The summed E-state index contributed by atoms with van der Waals surface area (Å²) in [5, 5.41) is 5.30. The number of fused-ring (bicyclic) bond motifs is 1. The second-order valence-corrected chi connectivity index (χ2v) is 7.14. The lowest BCUT2D eigenvalue weighted by molar-refractivity contribution is 0.265. The van der Waals surface area contributed by atoms with Crippen molar-refractivity contribution in [2.24, 2.45) is 0 Å². The average molecular weight is 386 g/mol. The first kappa shape index (κ1) is 19.6. The summed E-state index contributed by atoms with van der Waals surface area (Å²) in [5.41, 5.74) is 3.13. The van der Waals surface area contributed by atoms with E-state index in [9.17, 15) is 4.39 Å². The molecule has 3 nitrogen and oxygen atoms in total. The SMILES string of the molecule is CCCN(CCCNc1ccnc2cc(Cl)ccc12)Cc1ccc(F)cc1. The maximum absolute atomic E-state index is 13.1. The molecule has 0 amide bonds. The molecule has 1 N–H and O–H groups in total. The topological polar surface area (TPSA) is 28.2 Å². The Balaban J connectivity index is 1.54. The van der Waals surface area contributed by atoms with E-state index in [-0.39, 0.29) is 5.82 Å². The second-order valence-electron chi connectivity index (χ2n) is 6.70. The Labute approximate surface area is 165 Å². The van der Waals surface area contributed by atoms with Crippen molar-refractivity contribution in [3.05, 3.63) is 71.1 Å². The van der Waals surface area contributed by atoms with Crippen LogP contribution in [0.5, 0.6) is 0 Å². The van der Waals surface area contributed by atoms with Crippen molar-refractivity contribution in [3.63, 3.8) is 0 Å². The van der Waals surface area contributed by atoms with Gasteiger partial charge in [0.15, 0.2) is 0 Å². The molecule has 0 bridgehead atoms. The van der Waals surface area contributed by atoms with Gasteiger partial charge in [0.2, 0.25) is 0 Å². The summed E-state index contributed by atoms with van der Waals surface area (Å²) in [6.07, 6.45) is 3.93. The van der Waals surface area contributed by atoms with E-state index in [1.165, 1.54) is 12.1 Å². The average Bonchev–Trinajstić information content (AvgIpc) is 2.67. The van der Waals surface area contributed by atoms with Gasteiger partial charge in [-0.05, 0) is 61.3 Å². The van der Waals surface area contributed by atoms with Crippen molar-refractivity contribution in [3.8, 4) is 0 Å². The van der Waals surface area contributed by atoms with Crippen LogP contribution in [0.15, 0.2) is 54.7 Å². The standard InChI is InChI=1S/C22H25ClFN3/c1-2-13-27(16-17-4-7-19(24)8-5-17)14-3-11-25-21-10-12-26-22-15-18(23)6-9-20(21)22/h4-10,12,15H,2-3,11,13-14,16H2,1H3,(H,25,26). The predicted molar refractivity (Wildman–Crippen MR) is 112 cm³/mol. The van der Waals surface area contributed by atoms with Crippen LogP contribution in [-0.4, -0.2) is 29.5 Å². The van der Waals surface area contributed by atoms with E-state index in [1.54, 1.807) is 6.20 Å². The third-order valence-corrected chi connectivity index (χ3v) is 4.77. The lowest BCUT2D eigenvalue weighted by Crippen LogP contribution is -2.26. The minimum atomic E-state index is -0.184. The number of benzene rings is 2. The first-order valence-electron chi connectivity index (χ1n) is 9.40. The van der Waals surface area contributed by atoms with Crippen molar-refractivity contribution in [2.75, 3.05) is 25.0 Å². The van der Waals surface area contributed by atoms with Gasteiger partial charge in [-0.2, -0.15) is 0 Å². The maximum Gasteiger partial charge on any atom is 0.123 e. The minimum Gasteiger partial charge on any atom is -0.384 e. The third-order valence-electron chi connectivity index (χ3n) is 4.53. The first-order valence-corrected chi connectivity index (χ1v) is 9.78. The molecular weight excluding hydrogens is 361 g/mol. The van der Waals surface area contributed by atoms with Gasteiger partial charge < -0.3 is 5.32 Å². The van der Waals surface area contributed by atoms with Crippen LogP contribution in [0.2, 0.25) is 5.02 Å². The second kappa shape index (κ2) is 9.67. The molecule has 1 aromatic heterocycles. The van der Waals surface area contributed by atoms with Crippen molar-refractivity contribution in [1.82, 2.24) is 9.88 Å². The zero-order valence-electron chi connectivity index (χ0n) is 15.6. The number of pyridine rings is 1. The predicted octanol–water partition coefficient (Wildman–Crippen LogP) is 5.74. The van der Waals surface area contributed by atoms with Gasteiger partial charge in [-0.3, -0.25) is 9.88 Å². The molecule has 0 radical (unpaired) electrons. The lowest BCUT2D eigenvalue weighted by atomic mass is 10.2. The van der Waals surface area contributed by atoms with Crippen molar-refractivity contribution < 1.29 is 4.39 Å². The van der Waals surface area contributed by atoms with Crippen molar-refractivity contribution in [2.45, 2.75) is 26.3 Å². The maximum atomic E-state index is 13.1. The van der Waals surface area contributed by atoms with Gasteiger partial charge in [0.1, 0.15) is 5.82 Å². The number of anilines is 1. The zero-order valence-corrected chi connectivity index (χ0v) is 16.3. The van der Waals surface area contributed by atoms with E-state index in [0.717, 1.165) is 61.2 Å². The molecular formula is C22H25ClFN3. The summed E-state index contributed by atoms with van der Waals surface area (Å²) in [4.78, 5) is 6.79. The van der Waals surface area contributed by atoms with Gasteiger partial charge >= 0.3 is 0 Å². The number of nitrogens with one attached hydrogen (secondary N) is 1. The van der Waals surface area contributed by atoms with Crippen LogP contribution in [0.25, 0.3) is 10.9 Å². The summed E-state index contributed by atoms with van der Waals surface area (Å²) >= 11 is 6.05. The number of rotatable bonds is 9. The van der Waals surface area contributed by atoms with Crippen LogP contribution < -0.4 is 5.32 Å². The van der Waals surface area contributed by atoms with Gasteiger partial charge in [0.25, 0.3) is 0 Å². The highest BCUT2D eigenvalue weighted by molar-refractivity contribution is 6.31. The number of hydrogen-bond donors (Lipinski definition) is 1. The molecule has 0 spiro atoms. The normalized spacial score (nSPS) is 11.3. The molecule has 1 heterocycles. The summed E-state index contributed by atoms with van der Waals surface area (Å²) in [6, 6.07) is 14.6. The molecule has 0 saturated heterocycles. The number of halogens is 2. The van der Waals surface area contributed by atoms with Crippen LogP contribution in [0, 0.1) is 5.82 Å². The third kappa shape index (κ3) is 5.65. The Kier molecular flexibility index (Phi) is 7.02. The highest BCUT2D eigenvalue weighted by Crippen LogP contribution is 2.24. The van der Waals surface area contributed by atoms with Gasteiger partial charge in [0, 0.05) is 41.9 Å². The molecule has 142 valence electrons. The summed E-state index contributed by atoms with van der Waals surface area (Å²) in [7, 11) is 0. The Hall–Kier alpha value is -2.17. The van der Waals surface area contributed by atoms with Crippen LogP contribution in [-0.2, 0) is 6.54 Å². The van der Waals surface area contributed by atoms with Crippen molar-refractivity contribution in [1.29, 1.82) is 0 Å². The Morgan fingerprint density at radius 3 is 2.67 bits per heavy atom. The molecule has 3 rings (SSSR count). The van der Waals surface area contributed by atoms with Gasteiger partial charge in [-0.15, -0.1) is 0 Å². The zero-order chi connectivity index (χ0) is 19.1. The molecule has 0 aliphatic rings. The van der Waals surface area contributed by atoms with Crippen LogP contribution in [0.1, 0.15) is 25.3 Å². The molecule has 2 aromatic carbocycles. The fraction of sp³-hybridized carbons (Fsp3) is 0.318. The molecule has 3 aromatic rings. The molecule has 0 saturated carbocycles. The van der Waals surface area contributed by atoms with Gasteiger partial charge in [0.05, 0.1) is 5.52 Å². The summed E-state index contributed by atoms with van der Waals surface area (Å²) in [5.74, 6) is -0.184. The van der Waals surface area contributed by atoms with Crippen LogP contribution in [0.3, 0.4) is 0 Å². The van der Waals surface area contributed by atoms with E-state index in [0.29, 0.717) is 5.02 Å². The first-order chi connectivity index (χ1) is 13.2. The number of hydrogen-bond acceptors (Lipinski definition) is 3. The molecule has 0 aliphatic carbocycles. The fourth-order valence-corrected chi connectivity index (χ4v) is 3.40. The Morgan fingerprint density at radius 1 is 1.07 bits per heavy atom. The quantitative estimate of drug-likeness (QED) is 0.476. The smallest absolute Gasteiger partial charge is 0.123 e. The summed E-state index contributed by atoms with van der Waals surface area (Å²) < 4.78 is 13.1. The van der Waals surface area contributed by atoms with E-state index in [1.807, 2.05) is 36.4 Å². The fourth-order valence-electron chi connectivity index (χ4n) is 3.24.